The topological polar surface area (TPSA) is 269 Å². The summed E-state index contributed by atoms with van der Waals surface area (Å²) in [5.74, 6) is -9.14. The molecule has 0 saturated heterocycles. The lowest BCUT2D eigenvalue weighted by molar-refractivity contribution is -0.160. The second-order valence-electron chi connectivity index (χ2n) is 21.4. The lowest BCUT2D eigenvalue weighted by Gasteiger charge is -2.43. The zero-order chi connectivity index (χ0) is 57.1. The highest BCUT2D eigenvalue weighted by atomic mass is 16.4. The molecule has 0 saturated carbocycles. The average Bonchev–Trinajstić information content (AvgIpc) is 3.32. The Morgan fingerprint density at radius 1 is 0.466 bits per heavy atom. The van der Waals surface area contributed by atoms with E-state index in [-0.39, 0.29) is 37.0 Å². The molecule has 0 heterocycles. The molecule has 0 aliphatic heterocycles. The average molecular weight is 1040 g/mol. The smallest absolute Gasteiger partial charge is 0.326 e. The van der Waals surface area contributed by atoms with Crippen LogP contribution in [0, 0.1) is 41.4 Å². The van der Waals surface area contributed by atoms with E-state index in [1.54, 1.807) is 34.6 Å². The van der Waals surface area contributed by atoms with Gasteiger partial charge in [-0.25, -0.2) is 4.79 Å². The first-order chi connectivity index (χ1) is 33.7. The second kappa shape index (κ2) is 31.4. The van der Waals surface area contributed by atoms with Gasteiger partial charge in [-0.1, -0.05) is 129 Å². The lowest BCUT2D eigenvalue weighted by atomic mass is 9.90. The highest BCUT2D eigenvalue weighted by Gasteiger charge is 2.46. The van der Waals surface area contributed by atoms with Crippen molar-refractivity contribution in [2.45, 2.75) is 204 Å². The third kappa shape index (κ3) is 18.9. The molecule has 420 valence electrons. The molecule has 20 nitrogen and oxygen atoms in total. The van der Waals surface area contributed by atoms with Crippen molar-refractivity contribution < 1.29 is 53.1 Å². The van der Waals surface area contributed by atoms with E-state index in [4.69, 9.17) is 5.73 Å². The fraction of sp³-hybridized carbons (Fsp3) is 0.811. The molecule has 0 aromatic heterocycles. The third-order valence-corrected chi connectivity index (χ3v) is 15.0. The minimum atomic E-state index is -1.17. The van der Waals surface area contributed by atoms with E-state index in [0.29, 0.717) is 32.1 Å². The Hall–Kier alpha value is -5.30. The number of aliphatic carboxylic acids is 1. The first kappa shape index (κ1) is 67.7. The molecule has 9 amide bonds. The van der Waals surface area contributed by atoms with Gasteiger partial charge in [-0.05, 0) is 54.3 Å². The maximum Gasteiger partial charge on any atom is 0.326 e. The van der Waals surface area contributed by atoms with Crippen LogP contribution in [0.2, 0.25) is 0 Å². The van der Waals surface area contributed by atoms with E-state index in [9.17, 15) is 53.1 Å². The summed E-state index contributed by atoms with van der Waals surface area (Å²) in [4.78, 5) is 144. The molecule has 0 aromatic carbocycles. The number of hydrogen-bond donors (Lipinski definition) is 5. The van der Waals surface area contributed by atoms with Crippen LogP contribution in [-0.4, -0.2) is 172 Å². The number of carboxylic acids is 1. The fourth-order valence-corrected chi connectivity index (χ4v) is 9.26. The molecular formula is C53H97N9O11. The van der Waals surface area contributed by atoms with Gasteiger partial charge in [0.25, 0.3) is 0 Å². The number of rotatable bonds is 32. The van der Waals surface area contributed by atoms with Crippen molar-refractivity contribution in [2.24, 2.45) is 47.2 Å². The number of likely N-dealkylation sites (N-methyl/N-ethyl adjacent to an activating group) is 5. The summed E-state index contributed by atoms with van der Waals surface area (Å²) in [7, 11) is 7.38. The summed E-state index contributed by atoms with van der Waals surface area (Å²) >= 11 is 0. The lowest BCUT2D eigenvalue weighted by Crippen LogP contribution is -2.63. The van der Waals surface area contributed by atoms with E-state index in [2.05, 4.69) is 16.0 Å². The summed E-state index contributed by atoms with van der Waals surface area (Å²) in [5, 5.41) is 18.4. The normalized spacial score (nSPS) is 16.8. The van der Waals surface area contributed by atoms with Gasteiger partial charge in [-0.3, -0.25) is 43.2 Å². The molecule has 0 spiro atoms. The van der Waals surface area contributed by atoms with Gasteiger partial charge in [-0.2, -0.15) is 0 Å². The van der Waals surface area contributed by atoms with Gasteiger partial charge in [0.1, 0.15) is 48.3 Å². The van der Waals surface area contributed by atoms with Gasteiger partial charge >= 0.3 is 5.97 Å². The van der Waals surface area contributed by atoms with Crippen LogP contribution in [0.3, 0.4) is 0 Å². The molecule has 73 heavy (non-hydrogen) atoms. The van der Waals surface area contributed by atoms with Gasteiger partial charge < -0.3 is 51.3 Å². The molecule has 0 aliphatic carbocycles. The largest absolute Gasteiger partial charge is 0.480 e. The standard InChI is InChI=1S/C53H97N9O11/c1-21-31(10)40(56-46(65)37(55-36(15)63)26-27-39(54)64)48(67)58(16)38(28-29(6)7)47(66)57-41(32(11)22-2)49(68)59(17)42(30(8)9)50(69)60(18)43(33(12)23-3)51(70)61(19)44(34(13)24-4)52(71)62(20)45(53(72)73)35(14)25-5/h29-35,37-38,40-45H,21-28H2,1-20H3,(H2,54,64)(H,55,63)(H,56,65)(H,57,66)(H,72,73)/t31-,32-,33-,34+,35-,37+,38-,40-,41-,42-,43-,44-,45-/m0/s1. The van der Waals surface area contributed by atoms with Crippen LogP contribution in [0.15, 0.2) is 0 Å². The molecule has 0 radical (unpaired) electrons. The summed E-state index contributed by atoms with van der Waals surface area (Å²) in [6.07, 6.45) is 2.23. The van der Waals surface area contributed by atoms with Crippen LogP contribution in [0.4, 0.5) is 0 Å². The molecule has 13 atom stereocenters. The quantitative estimate of drug-likeness (QED) is 0.0646. The van der Waals surface area contributed by atoms with Crippen molar-refractivity contribution >= 4 is 59.1 Å². The SMILES string of the molecule is CC[C@@H](C)[C@@H](C(=O)N(C)[C@H](C(=O)O)[C@@H](C)CC)N(C)C(=O)[C@H]([C@@H](C)CC)N(C)C(=O)[C@H](C(C)C)N(C)C(=O)[C@@H](NC(=O)[C@H](CC(C)C)N(C)C(=O)[C@@H](NC(=O)[C@@H](CCC(N)=O)NC(C)=O)[C@@H](C)CC)[C@@H](C)CC. The maximum absolute atomic E-state index is 15.0. The Balaban J connectivity index is 7.21. The number of carbonyl (C=O) groups is 10. The summed E-state index contributed by atoms with van der Waals surface area (Å²) in [5.41, 5.74) is 5.32. The first-order valence-electron chi connectivity index (χ1n) is 26.5. The van der Waals surface area contributed by atoms with E-state index in [0.717, 1.165) is 0 Å². The summed E-state index contributed by atoms with van der Waals surface area (Å²) in [6, 6.07) is -8.99. The molecule has 0 unspecified atom stereocenters. The Bertz CT molecular complexity index is 1880. The number of nitrogens with one attached hydrogen (secondary N) is 3. The van der Waals surface area contributed by atoms with Crippen molar-refractivity contribution in [3.63, 3.8) is 0 Å². The van der Waals surface area contributed by atoms with Crippen LogP contribution < -0.4 is 21.7 Å². The molecule has 6 N–H and O–H groups in total. The first-order valence-corrected chi connectivity index (χ1v) is 26.5. The number of amides is 9. The Morgan fingerprint density at radius 3 is 1.15 bits per heavy atom. The van der Waals surface area contributed by atoms with Crippen LogP contribution >= 0.6 is 0 Å². The fourth-order valence-electron chi connectivity index (χ4n) is 9.26. The van der Waals surface area contributed by atoms with Crippen molar-refractivity contribution in [2.75, 3.05) is 35.2 Å². The van der Waals surface area contributed by atoms with Gasteiger partial charge in [0.05, 0.1) is 0 Å². The molecule has 20 heteroatoms. The minimum absolute atomic E-state index is 0.0983. The minimum Gasteiger partial charge on any atom is -0.480 e. The number of hydrogen-bond acceptors (Lipinski definition) is 10. The van der Waals surface area contributed by atoms with Gasteiger partial charge in [0.2, 0.25) is 53.2 Å². The Labute approximate surface area is 437 Å². The number of carbonyl (C=O) groups excluding carboxylic acids is 9. The molecule has 0 bridgehead atoms. The molecule has 0 aromatic rings. The highest BCUT2D eigenvalue weighted by Crippen LogP contribution is 2.27. The van der Waals surface area contributed by atoms with Gasteiger partial charge in [0.15, 0.2) is 0 Å². The van der Waals surface area contributed by atoms with Crippen LogP contribution in [0.25, 0.3) is 0 Å². The molecule has 0 rings (SSSR count). The van der Waals surface area contributed by atoms with Crippen molar-refractivity contribution in [3.05, 3.63) is 0 Å². The molecule has 0 aliphatic rings. The molecule has 0 fully saturated rings. The van der Waals surface area contributed by atoms with Crippen LogP contribution in [0.5, 0.6) is 0 Å². The molecular weight excluding hydrogens is 939 g/mol. The third-order valence-electron chi connectivity index (χ3n) is 15.0. The number of primary amides is 1. The van der Waals surface area contributed by atoms with Crippen molar-refractivity contribution in [3.8, 4) is 0 Å². The van der Waals surface area contributed by atoms with Crippen LogP contribution in [0.1, 0.15) is 155 Å². The predicted octanol–water partition coefficient (Wildman–Crippen LogP) is 3.88. The number of carboxylic acid groups (broad SMARTS) is 1. The maximum atomic E-state index is 15.0. The Morgan fingerprint density at radius 2 is 0.808 bits per heavy atom. The zero-order valence-corrected chi connectivity index (χ0v) is 48.2. The summed E-state index contributed by atoms with van der Waals surface area (Å²) < 4.78 is 0. The number of nitrogens with two attached hydrogens (primary N) is 1. The van der Waals surface area contributed by atoms with E-state index in [1.807, 2.05) is 62.3 Å². The van der Waals surface area contributed by atoms with Gasteiger partial charge in [0, 0.05) is 48.6 Å². The zero-order valence-electron chi connectivity index (χ0n) is 48.2. The van der Waals surface area contributed by atoms with E-state index in [1.165, 1.54) is 66.7 Å². The highest BCUT2D eigenvalue weighted by molar-refractivity contribution is 5.98. The van der Waals surface area contributed by atoms with Gasteiger partial charge in [-0.15, -0.1) is 0 Å². The van der Waals surface area contributed by atoms with Crippen molar-refractivity contribution in [1.29, 1.82) is 0 Å². The number of nitrogens with zero attached hydrogens (tertiary/aromatic N) is 5. The van der Waals surface area contributed by atoms with E-state index >= 15 is 0 Å². The predicted molar refractivity (Wildman–Crippen MR) is 282 cm³/mol. The monoisotopic (exact) mass is 1040 g/mol. The van der Waals surface area contributed by atoms with E-state index < -0.39 is 131 Å². The van der Waals surface area contributed by atoms with Crippen molar-refractivity contribution in [1.82, 2.24) is 40.4 Å². The summed E-state index contributed by atoms with van der Waals surface area (Å²) in [6.45, 7) is 26.8. The van der Waals surface area contributed by atoms with Crippen LogP contribution in [-0.2, 0) is 47.9 Å². The Kier molecular flexibility index (Phi) is 29.2. The second-order valence-corrected chi connectivity index (χ2v) is 21.4.